The number of hydrogen-bond donors (Lipinski definition) is 0. The average Bonchev–Trinajstić information content (AvgIpc) is 2.22. The fourth-order valence-corrected chi connectivity index (χ4v) is 1.71. The predicted molar refractivity (Wildman–Crippen MR) is 55.7 cm³/mol. The van der Waals surface area contributed by atoms with Crippen LogP contribution in [0.4, 0.5) is 0 Å². The SMILES string of the molecule is C1=CCCCC1.O=C1CCCCC1. The van der Waals surface area contributed by atoms with Crippen molar-refractivity contribution in [3.8, 4) is 0 Å². The smallest absolute Gasteiger partial charge is 0.132 e. The highest BCUT2D eigenvalue weighted by Gasteiger charge is 2.05. The third-order valence-electron chi connectivity index (χ3n) is 2.57. The molecule has 1 heteroatoms. The molecule has 0 aliphatic heterocycles. The van der Waals surface area contributed by atoms with Crippen LogP contribution in [0.5, 0.6) is 0 Å². The Bertz CT molecular complexity index is 154. The molecule has 1 fully saturated rings. The van der Waals surface area contributed by atoms with E-state index in [4.69, 9.17) is 0 Å². The van der Waals surface area contributed by atoms with Crippen LogP contribution in [0.2, 0.25) is 0 Å². The van der Waals surface area contributed by atoms with Gasteiger partial charge in [-0.25, -0.2) is 0 Å². The molecule has 13 heavy (non-hydrogen) atoms. The highest BCUT2D eigenvalue weighted by molar-refractivity contribution is 5.78. The van der Waals surface area contributed by atoms with Gasteiger partial charge in [0.15, 0.2) is 0 Å². The number of Topliss-reactive ketones (excluding diaryl/α,β-unsaturated/α-hetero) is 1. The molecule has 2 aliphatic carbocycles. The zero-order valence-electron chi connectivity index (χ0n) is 8.43. The first-order valence-corrected chi connectivity index (χ1v) is 5.56. The second-order valence-electron chi connectivity index (χ2n) is 3.86. The van der Waals surface area contributed by atoms with E-state index < -0.39 is 0 Å². The Morgan fingerprint density at radius 2 is 1.31 bits per heavy atom. The fourth-order valence-electron chi connectivity index (χ4n) is 1.71. The molecule has 0 heterocycles. The van der Waals surface area contributed by atoms with Gasteiger partial charge in [-0.2, -0.15) is 0 Å². The third-order valence-corrected chi connectivity index (χ3v) is 2.57. The average molecular weight is 180 g/mol. The molecular formula is C12H20O. The number of rotatable bonds is 0. The predicted octanol–water partition coefficient (Wildman–Crippen LogP) is 3.64. The highest BCUT2D eigenvalue weighted by atomic mass is 16.1. The van der Waals surface area contributed by atoms with Crippen molar-refractivity contribution in [2.45, 2.75) is 57.8 Å². The van der Waals surface area contributed by atoms with Crippen molar-refractivity contribution in [1.82, 2.24) is 0 Å². The van der Waals surface area contributed by atoms with Crippen LogP contribution in [0.3, 0.4) is 0 Å². The zero-order chi connectivity index (χ0) is 9.36. The summed E-state index contributed by atoms with van der Waals surface area (Å²) in [6.07, 6.45) is 15.2. The summed E-state index contributed by atoms with van der Waals surface area (Å²) in [6, 6.07) is 0. The molecule has 0 unspecified atom stereocenters. The summed E-state index contributed by atoms with van der Waals surface area (Å²) in [4.78, 5) is 10.5. The van der Waals surface area contributed by atoms with Gasteiger partial charge < -0.3 is 0 Å². The van der Waals surface area contributed by atoms with Crippen molar-refractivity contribution in [3.63, 3.8) is 0 Å². The lowest BCUT2D eigenvalue weighted by atomic mass is 10.00. The summed E-state index contributed by atoms with van der Waals surface area (Å²) in [5.41, 5.74) is 0. The number of allylic oxidation sites excluding steroid dienone is 2. The van der Waals surface area contributed by atoms with Crippen molar-refractivity contribution in [3.05, 3.63) is 12.2 Å². The van der Waals surface area contributed by atoms with Gasteiger partial charge in [-0.15, -0.1) is 0 Å². The molecule has 1 nitrogen and oxygen atoms in total. The summed E-state index contributed by atoms with van der Waals surface area (Å²) in [5.74, 6) is 0.464. The van der Waals surface area contributed by atoms with Crippen molar-refractivity contribution in [2.24, 2.45) is 0 Å². The zero-order valence-corrected chi connectivity index (χ0v) is 8.43. The van der Waals surface area contributed by atoms with Crippen LogP contribution in [0.15, 0.2) is 12.2 Å². The van der Waals surface area contributed by atoms with Gasteiger partial charge >= 0.3 is 0 Å². The van der Waals surface area contributed by atoms with E-state index in [-0.39, 0.29) is 0 Å². The fraction of sp³-hybridized carbons (Fsp3) is 0.750. The molecule has 0 atom stereocenters. The van der Waals surface area contributed by atoms with E-state index in [1.165, 1.54) is 32.1 Å². The standard InChI is InChI=1S/C6H10O.C6H10/c7-6-4-2-1-3-5-6;1-2-4-6-5-3-1/h1-5H2;1-2H,3-6H2. The van der Waals surface area contributed by atoms with E-state index in [9.17, 15) is 4.79 Å². The van der Waals surface area contributed by atoms with Gasteiger partial charge in [0.25, 0.3) is 0 Å². The van der Waals surface area contributed by atoms with E-state index in [2.05, 4.69) is 12.2 Å². The van der Waals surface area contributed by atoms with E-state index in [1.54, 1.807) is 0 Å². The third kappa shape index (κ3) is 5.62. The second kappa shape index (κ2) is 6.88. The number of carbonyl (C=O) groups is 1. The molecule has 0 aromatic rings. The van der Waals surface area contributed by atoms with Gasteiger partial charge in [0.2, 0.25) is 0 Å². The van der Waals surface area contributed by atoms with Crippen LogP contribution in [0, 0.1) is 0 Å². The van der Waals surface area contributed by atoms with Crippen molar-refractivity contribution in [2.75, 3.05) is 0 Å². The Balaban J connectivity index is 0.000000132. The molecule has 1 saturated carbocycles. The number of carbonyl (C=O) groups excluding carboxylic acids is 1. The van der Waals surface area contributed by atoms with E-state index >= 15 is 0 Å². The number of hydrogen-bond acceptors (Lipinski definition) is 1. The highest BCUT2D eigenvalue weighted by Crippen LogP contribution is 2.12. The molecule has 0 aromatic heterocycles. The Morgan fingerprint density at radius 3 is 1.54 bits per heavy atom. The van der Waals surface area contributed by atoms with Gasteiger partial charge in [0, 0.05) is 12.8 Å². The van der Waals surface area contributed by atoms with Crippen LogP contribution < -0.4 is 0 Å². The Hall–Kier alpha value is -0.590. The van der Waals surface area contributed by atoms with Gasteiger partial charge in [-0.3, -0.25) is 4.79 Å². The van der Waals surface area contributed by atoms with Crippen molar-refractivity contribution in [1.29, 1.82) is 0 Å². The van der Waals surface area contributed by atoms with Crippen LogP contribution in [0.25, 0.3) is 0 Å². The first-order chi connectivity index (χ1) is 6.39. The number of ketones is 1. The minimum Gasteiger partial charge on any atom is -0.300 e. The van der Waals surface area contributed by atoms with E-state index in [0.717, 1.165) is 25.7 Å². The lowest BCUT2D eigenvalue weighted by Crippen LogP contribution is -2.02. The van der Waals surface area contributed by atoms with Gasteiger partial charge in [0.1, 0.15) is 5.78 Å². The van der Waals surface area contributed by atoms with Gasteiger partial charge in [0.05, 0.1) is 0 Å². The monoisotopic (exact) mass is 180 g/mol. The molecule has 2 rings (SSSR count). The Morgan fingerprint density at radius 1 is 0.769 bits per heavy atom. The minimum atomic E-state index is 0.464. The molecule has 0 radical (unpaired) electrons. The van der Waals surface area contributed by atoms with E-state index in [0.29, 0.717) is 5.78 Å². The topological polar surface area (TPSA) is 17.1 Å². The molecule has 0 amide bonds. The van der Waals surface area contributed by atoms with Crippen molar-refractivity contribution < 1.29 is 4.79 Å². The quantitative estimate of drug-likeness (QED) is 0.520. The van der Waals surface area contributed by atoms with Crippen LogP contribution in [-0.2, 0) is 4.79 Å². The first kappa shape index (κ1) is 10.5. The van der Waals surface area contributed by atoms with Crippen molar-refractivity contribution >= 4 is 5.78 Å². The molecule has 2 aliphatic rings. The molecule has 74 valence electrons. The lowest BCUT2D eigenvalue weighted by molar-refractivity contribution is -0.120. The Labute approximate surface area is 81.2 Å². The maximum atomic E-state index is 10.5. The maximum absolute atomic E-state index is 10.5. The van der Waals surface area contributed by atoms with Crippen LogP contribution in [-0.4, -0.2) is 5.78 Å². The molecule has 0 N–H and O–H groups in total. The molecule has 0 spiro atoms. The summed E-state index contributed by atoms with van der Waals surface area (Å²) in [6.45, 7) is 0. The normalized spacial score (nSPS) is 22.0. The molecule has 0 bridgehead atoms. The summed E-state index contributed by atoms with van der Waals surface area (Å²) in [5, 5.41) is 0. The summed E-state index contributed by atoms with van der Waals surface area (Å²) in [7, 11) is 0. The lowest BCUT2D eigenvalue weighted by Gasteiger charge is -2.05. The summed E-state index contributed by atoms with van der Waals surface area (Å²) >= 11 is 0. The molecular weight excluding hydrogens is 160 g/mol. The second-order valence-corrected chi connectivity index (χ2v) is 3.86. The minimum absolute atomic E-state index is 0.464. The molecule has 0 saturated heterocycles. The summed E-state index contributed by atoms with van der Waals surface area (Å²) < 4.78 is 0. The van der Waals surface area contributed by atoms with Gasteiger partial charge in [-0.05, 0) is 38.5 Å². The van der Waals surface area contributed by atoms with Crippen LogP contribution >= 0.6 is 0 Å². The first-order valence-electron chi connectivity index (χ1n) is 5.56. The Kier molecular flexibility index (Phi) is 5.55. The van der Waals surface area contributed by atoms with Gasteiger partial charge in [-0.1, -0.05) is 18.6 Å². The molecule has 0 aromatic carbocycles. The maximum Gasteiger partial charge on any atom is 0.132 e. The van der Waals surface area contributed by atoms with E-state index in [1.807, 2.05) is 0 Å². The largest absolute Gasteiger partial charge is 0.300 e. The van der Waals surface area contributed by atoms with Crippen LogP contribution in [0.1, 0.15) is 57.8 Å².